The summed E-state index contributed by atoms with van der Waals surface area (Å²) >= 11 is 6.00. The molecule has 1 fully saturated rings. The molecule has 0 radical (unpaired) electrons. The molecule has 1 unspecified atom stereocenters. The number of benzene rings is 3. The van der Waals surface area contributed by atoms with Gasteiger partial charge in [0.15, 0.2) is 0 Å². The first-order chi connectivity index (χ1) is 19.1. The molecule has 0 aliphatic heterocycles. The third-order valence-electron chi connectivity index (χ3n) is 7.32. The number of anilines is 1. The summed E-state index contributed by atoms with van der Waals surface area (Å²) in [6.07, 6.45) is 5.15. The molecular weight excluding hydrogens is 546 g/mol. The van der Waals surface area contributed by atoms with E-state index in [9.17, 15) is 18.0 Å². The predicted molar refractivity (Wildman–Crippen MR) is 159 cm³/mol. The van der Waals surface area contributed by atoms with E-state index in [1.807, 2.05) is 31.2 Å². The molecule has 2 amide bonds. The Labute approximate surface area is 242 Å². The lowest BCUT2D eigenvalue weighted by Gasteiger charge is -2.33. The highest BCUT2D eigenvalue weighted by molar-refractivity contribution is 7.92. The molecule has 0 saturated heterocycles. The van der Waals surface area contributed by atoms with Gasteiger partial charge in [0.25, 0.3) is 10.0 Å². The van der Waals surface area contributed by atoms with Crippen molar-refractivity contribution in [2.75, 3.05) is 10.8 Å². The lowest BCUT2D eigenvalue weighted by Crippen LogP contribution is -2.53. The first kappa shape index (κ1) is 29.6. The second kappa shape index (κ2) is 13.3. The van der Waals surface area contributed by atoms with Gasteiger partial charge < -0.3 is 10.2 Å². The molecule has 212 valence electrons. The maximum absolute atomic E-state index is 14.0. The summed E-state index contributed by atoms with van der Waals surface area (Å²) < 4.78 is 28.7. The molecule has 3 aromatic rings. The zero-order chi connectivity index (χ0) is 28.7. The van der Waals surface area contributed by atoms with E-state index >= 15 is 0 Å². The molecular formula is C31H36ClN3O4S. The Hall–Kier alpha value is -3.36. The first-order valence-corrected chi connectivity index (χ1v) is 15.5. The van der Waals surface area contributed by atoms with Crippen LogP contribution in [0.15, 0.2) is 83.8 Å². The second-order valence-electron chi connectivity index (χ2n) is 10.3. The van der Waals surface area contributed by atoms with Gasteiger partial charge in [0.1, 0.15) is 12.6 Å². The van der Waals surface area contributed by atoms with Crippen molar-refractivity contribution in [3.8, 4) is 0 Å². The van der Waals surface area contributed by atoms with Gasteiger partial charge in [-0.2, -0.15) is 0 Å². The van der Waals surface area contributed by atoms with Gasteiger partial charge in [0.2, 0.25) is 11.8 Å². The number of amides is 2. The van der Waals surface area contributed by atoms with Crippen molar-refractivity contribution >= 4 is 39.1 Å². The van der Waals surface area contributed by atoms with Crippen LogP contribution in [-0.2, 0) is 26.2 Å². The minimum absolute atomic E-state index is 0.0155. The molecule has 1 atom stereocenters. The van der Waals surface area contributed by atoms with Crippen molar-refractivity contribution in [1.82, 2.24) is 10.2 Å². The second-order valence-corrected chi connectivity index (χ2v) is 12.6. The van der Waals surface area contributed by atoms with Crippen molar-refractivity contribution in [3.63, 3.8) is 0 Å². The topological polar surface area (TPSA) is 86.8 Å². The van der Waals surface area contributed by atoms with Gasteiger partial charge >= 0.3 is 0 Å². The largest absolute Gasteiger partial charge is 0.352 e. The van der Waals surface area contributed by atoms with Crippen molar-refractivity contribution in [2.45, 2.75) is 69.5 Å². The fourth-order valence-electron chi connectivity index (χ4n) is 4.90. The highest BCUT2D eigenvalue weighted by Crippen LogP contribution is 2.25. The van der Waals surface area contributed by atoms with Crippen LogP contribution in [-0.4, -0.2) is 43.8 Å². The molecule has 0 spiro atoms. The number of halogens is 1. The van der Waals surface area contributed by atoms with Gasteiger partial charge in [0, 0.05) is 17.6 Å². The predicted octanol–water partition coefficient (Wildman–Crippen LogP) is 5.71. The SMILES string of the molecule is Cc1ccc(CN(C(=O)CN(c2ccccc2)S(=O)(=O)c2ccc(Cl)cc2)C(C)C(=O)NC2CCCCC2)cc1. The number of nitrogens with one attached hydrogen (secondary N) is 1. The summed E-state index contributed by atoms with van der Waals surface area (Å²) in [7, 11) is -4.12. The normalized spacial score (nSPS) is 14.8. The summed E-state index contributed by atoms with van der Waals surface area (Å²) in [5.41, 5.74) is 2.28. The number of carbonyl (C=O) groups is 2. The van der Waals surface area contributed by atoms with E-state index in [0.29, 0.717) is 10.7 Å². The van der Waals surface area contributed by atoms with E-state index in [-0.39, 0.29) is 23.4 Å². The maximum atomic E-state index is 14.0. The molecule has 1 aliphatic rings. The number of sulfonamides is 1. The fourth-order valence-corrected chi connectivity index (χ4v) is 6.44. The molecule has 4 rings (SSSR count). The van der Waals surface area contributed by atoms with Crippen molar-refractivity contribution in [3.05, 3.63) is 95.0 Å². The van der Waals surface area contributed by atoms with Crippen LogP contribution in [0, 0.1) is 6.92 Å². The van der Waals surface area contributed by atoms with Crippen molar-refractivity contribution < 1.29 is 18.0 Å². The van der Waals surface area contributed by atoms with Crippen LogP contribution in [0.1, 0.15) is 50.2 Å². The summed E-state index contributed by atoms with van der Waals surface area (Å²) in [5.74, 6) is -0.715. The zero-order valence-electron chi connectivity index (χ0n) is 22.9. The van der Waals surface area contributed by atoms with Gasteiger partial charge in [-0.05, 0) is 68.7 Å². The Kier molecular flexibility index (Phi) is 9.87. The molecule has 1 saturated carbocycles. The van der Waals surface area contributed by atoms with Crippen LogP contribution in [0.2, 0.25) is 5.02 Å². The smallest absolute Gasteiger partial charge is 0.264 e. The summed E-state index contributed by atoms with van der Waals surface area (Å²) in [5, 5.41) is 3.52. The monoisotopic (exact) mass is 581 g/mol. The lowest BCUT2D eigenvalue weighted by molar-refractivity contribution is -0.139. The van der Waals surface area contributed by atoms with Crippen LogP contribution < -0.4 is 9.62 Å². The average molecular weight is 582 g/mol. The molecule has 3 aromatic carbocycles. The number of nitrogens with zero attached hydrogens (tertiary/aromatic N) is 2. The molecule has 7 nitrogen and oxygen atoms in total. The van der Waals surface area contributed by atoms with Crippen LogP contribution in [0.25, 0.3) is 0 Å². The zero-order valence-corrected chi connectivity index (χ0v) is 24.5. The number of carbonyl (C=O) groups excluding carboxylic acids is 2. The van der Waals surface area contributed by atoms with Crippen molar-refractivity contribution in [1.29, 1.82) is 0 Å². The Bertz CT molecular complexity index is 1390. The van der Waals surface area contributed by atoms with Gasteiger partial charge in [-0.1, -0.05) is 78.9 Å². The highest BCUT2D eigenvalue weighted by atomic mass is 35.5. The molecule has 0 heterocycles. The van der Waals surface area contributed by atoms with E-state index < -0.39 is 28.5 Å². The van der Waals surface area contributed by atoms with E-state index in [4.69, 9.17) is 11.6 Å². The first-order valence-electron chi connectivity index (χ1n) is 13.6. The third-order valence-corrected chi connectivity index (χ3v) is 9.36. The molecule has 0 bridgehead atoms. The third kappa shape index (κ3) is 7.43. The molecule has 1 aliphatic carbocycles. The number of hydrogen-bond donors (Lipinski definition) is 1. The van der Waals surface area contributed by atoms with E-state index in [1.54, 1.807) is 37.3 Å². The van der Waals surface area contributed by atoms with E-state index in [2.05, 4.69) is 5.32 Å². The van der Waals surface area contributed by atoms with Gasteiger partial charge in [-0.3, -0.25) is 13.9 Å². The molecule has 0 aromatic heterocycles. The van der Waals surface area contributed by atoms with E-state index in [1.165, 1.54) is 29.2 Å². The van der Waals surface area contributed by atoms with Crippen LogP contribution in [0.5, 0.6) is 0 Å². The quantitative estimate of drug-likeness (QED) is 0.332. The molecule has 1 N–H and O–H groups in total. The Morgan fingerprint density at radius 1 is 0.925 bits per heavy atom. The molecule has 9 heteroatoms. The van der Waals surface area contributed by atoms with E-state index in [0.717, 1.165) is 47.5 Å². The van der Waals surface area contributed by atoms with Crippen LogP contribution in [0.3, 0.4) is 0 Å². The summed E-state index contributed by atoms with van der Waals surface area (Å²) in [6, 6.07) is 21.4. The summed E-state index contributed by atoms with van der Waals surface area (Å²) in [4.78, 5) is 28.8. The summed E-state index contributed by atoms with van der Waals surface area (Å²) in [6.45, 7) is 3.38. The minimum atomic E-state index is -4.12. The molecule has 40 heavy (non-hydrogen) atoms. The van der Waals surface area contributed by atoms with Gasteiger partial charge in [0.05, 0.1) is 10.6 Å². The van der Waals surface area contributed by atoms with Crippen LogP contribution >= 0.6 is 11.6 Å². The maximum Gasteiger partial charge on any atom is 0.264 e. The van der Waals surface area contributed by atoms with Gasteiger partial charge in [-0.25, -0.2) is 8.42 Å². The lowest BCUT2D eigenvalue weighted by atomic mass is 9.95. The van der Waals surface area contributed by atoms with Crippen molar-refractivity contribution in [2.24, 2.45) is 0 Å². The Morgan fingerprint density at radius 3 is 2.17 bits per heavy atom. The highest BCUT2D eigenvalue weighted by Gasteiger charge is 2.33. The fraction of sp³-hybridized carbons (Fsp3) is 0.355. The Morgan fingerprint density at radius 2 is 1.55 bits per heavy atom. The number of aryl methyl sites for hydroxylation is 1. The Balaban J connectivity index is 1.65. The standard InChI is InChI=1S/C31H36ClN3O4S/c1-23-13-15-25(16-14-23)21-34(24(2)31(37)33-27-9-5-3-6-10-27)30(36)22-35(28-11-7-4-8-12-28)40(38,39)29-19-17-26(32)18-20-29/h4,7-8,11-20,24,27H,3,5-6,9-10,21-22H2,1-2H3,(H,33,37). The van der Waals surface area contributed by atoms with Gasteiger partial charge in [-0.15, -0.1) is 0 Å². The number of rotatable bonds is 10. The number of hydrogen-bond acceptors (Lipinski definition) is 4. The number of para-hydroxylation sites is 1. The minimum Gasteiger partial charge on any atom is -0.352 e. The van der Waals surface area contributed by atoms with Crippen LogP contribution in [0.4, 0.5) is 5.69 Å². The average Bonchev–Trinajstić information content (AvgIpc) is 2.96.